The Morgan fingerprint density at radius 1 is 1.30 bits per heavy atom. The molecule has 1 aromatic carbocycles. The van der Waals surface area contributed by atoms with Crippen molar-refractivity contribution in [3.63, 3.8) is 0 Å². The lowest BCUT2D eigenvalue weighted by Crippen LogP contribution is -2.21. The van der Waals surface area contributed by atoms with Crippen LogP contribution in [-0.2, 0) is 0 Å². The predicted molar refractivity (Wildman–Crippen MR) is 83.6 cm³/mol. The van der Waals surface area contributed by atoms with E-state index in [4.69, 9.17) is 0 Å². The van der Waals surface area contributed by atoms with E-state index in [2.05, 4.69) is 24.4 Å². The molecule has 3 rings (SSSR count). The molecule has 1 nitrogen and oxygen atoms in total. The Bertz CT molecular complexity index is 601. The maximum atomic E-state index is 13.7. The molecule has 1 unspecified atom stereocenters. The number of hydrogen-bond acceptors (Lipinski definition) is 2. The van der Waals surface area contributed by atoms with E-state index < -0.39 is 0 Å². The van der Waals surface area contributed by atoms with E-state index in [-0.39, 0.29) is 5.82 Å². The number of benzene rings is 1. The molecule has 106 valence electrons. The molecule has 0 radical (unpaired) electrons. The van der Waals surface area contributed by atoms with E-state index in [1.54, 1.807) is 17.4 Å². The summed E-state index contributed by atoms with van der Waals surface area (Å²) in [4.78, 5) is 2.55. The molecule has 0 saturated heterocycles. The highest BCUT2D eigenvalue weighted by molar-refractivity contribution is 7.15. The Morgan fingerprint density at radius 2 is 2.10 bits per heavy atom. The molecule has 20 heavy (non-hydrogen) atoms. The van der Waals surface area contributed by atoms with Gasteiger partial charge in [0.15, 0.2) is 0 Å². The minimum absolute atomic E-state index is 0.122. The Kier molecular flexibility index (Phi) is 3.90. The van der Waals surface area contributed by atoms with Gasteiger partial charge in [0, 0.05) is 15.8 Å². The topological polar surface area (TPSA) is 12.0 Å². The van der Waals surface area contributed by atoms with Crippen LogP contribution in [0.3, 0.4) is 0 Å². The molecule has 1 heterocycles. The van der Waals surface area contributed by atoms with Crippen LogP contribution >= 0.6 is 11.3 Å². The molecule has 3 heteroatoms. The van der Waals surface area contributed by atoms with Gasteiger partial charge in [0.1, 0.15) is 5.82 Å². The lowest BCUT2D eigenvalue weighted by Gasteiger charge is -2.15. The van der Waals surface area contributed by atoms with Crippen LogP contribution in [0.25, 0.3) is 10.4 Å². The van der Waals surface area contributed by atoms with Crippen LogP contribution in [-0.4, -0.2) is 6.54 Å². The SMILES string of the molecule is CCNC(c1ccc(-c2cccc(F)c2C)s1)C1CC1. The minimum Gasteiger partial charge on any atom is -0.309 e. The van der Waals surface area contributed by atoms with Crippen LogP contribution in [0.15, 0.2) is 30.3 Å². The molecule has 1 aliphatic rings. The number of nitrogens with one attached hydrogen (secondary N) is 1. The zero-order chi connectivity index (χ0) is 14.1. The first kappa shape index (κ1) is 13.8. The molecule has 0 bridgehead atoms. The molecule has 2 aromatic rings. The van der Waals surface area contributed by atoms with Gasteiger partial charge in [-0.15, -0.1) is 11.3 Å². The first-order chi connectivity index (χ1) is 9.70. The molecule has 1 aliphatic carbocycles. The zero-order valence-corrected chi connectivity index (χ0v) is 12.8. The number of halogens is 1. The fraction of sp³-hybridized carbons (Fsp3) is 0.412. The maximum absolute atomic E-state index is 13.7. The fourth-order valence-electron chi connectivity index (χ4n) is 2.69. The van der Waals surface area contributed by atoms with Crippen molar-refractivity contribution in [3.05, 3.63) is 46.6 Å². The highest BCUT2D eigenvalue weighted by atomic mass is 32.1. The summed E-state index contributed by atoms with van der Waals surface area (Å²) in [6, 6.07) is 10.1. The third-order valence-corrected chi connectivity index (χ3v) is 5.19. The van der Waals surface area contributed by atoms with Crippen LogP contribution in [0.2, 0.25) is 0 Å². The van der Waals surface area contributed by atoms with E-state index in [1.165, 1.54) is 28.7 Å². The number of rotatable bonds is 5. The van der Waals surface area contributed by atoms with Gasteiger partial charge in [-0.2, -0.15) is 0 Å². The number of thiophene rings is 1. The van der Waals surface area contributed by atoms with Gasteiger partial charge in [-0.05, 0) is 61.6 Å². The molecule has 0 aliphatic heterocycles. The summed E-state index contributed by atoms with van der Waals surface area (Å²) < 4.78 is 13.7. The minimum atomic E-state index is -0.122. The first-order valence-corrected chi connectivity index (χ1v) is 8.11. The largest absolute Gasteiger partial charge is 0.309 e. The van der Waals surface area contributed by atoms with E-state index in [0.29, 0.717) is 6.04 Å². The van der Waals surface area contributed by atoms with Crippen LogP contribution in [0.5, 0.6) is 0 Å². The van der Waals surface area contributed by atoms with Crippen LogP contribution in [0.1, 0.15) is 36.2 Å². The van der Waals surface area contributed by atoms with Gasteiger partial charge >= 0.3 is 0 Å². The van der Waals surface area contributed by atoms with Crippen LogP contribution < -0.4 is 5.32 Å². The van der Waals surface area contributed by atoms with Crippen LogP contribution in [0.4, 0.5) is 4.39 Å². The quantitative estimate of drug-likeness (QED) is 0.823. The standard InChI is InChI=1S/C17H20FNS/c1-3-19-17(12-7-8-12)16-10-9-15(20-16)13-5-4-6-14(18)11(13)2/h4-6,9-10,12,17,19H,3,7-8H2,1-2H3. The fourth-order valence-corrected chi connectivity index (χ4v) is 3.95. The average molecular weight is 289 g/mol. The molecular weight excluding hydrogens is 269 g/mol. The molecule has 1 fully saturated rings. The summed E-state index contributed by atoms with van der Waals surface area (Å²) in [6.45, 7) is 5.00. The van der Waals surface area contributed by atoms with E-state index in [1.807, 2.05) is 13.0 Å². The van der Waals surface area contributed by atoms with Crippen molar-refractivity contribution < 1.29 is 4.39 Å². The van der Waals surface area contributed by atoms with Gasteiger partial charge in [0.25, 0.3) is 0 Å². The van der Waals surface area contributed by atoms with E-state index in [9.17, 15) is 4.39 Å². The highest BCUT2D eigenvalue weighted by Crippen LogP contribution is 2.44. The predicted octanol–water partition coefficient (Wildman–Crippen LogP) is 4.92. The zero-order valence-electron chi connectivity index (χ0n) is 11.9. The summed E-state index contributed by atoms with van der Waals surface area (Å²) in [5.74, 6) is 0.665. The summed E-state index contributed by atoms with van der Waals surface area (Å²) in [5, 5.41) is 3.59. The third-order valence-electron chi connectivity index (χ3n) is 3.98. The van der Waals surface area contributed by atoms with Crippen molar-refractivity contribution in [1.82, 2.24) is 5.32 Å². The summed E-state index contributed by atoms with van der Waals surface area (Å²) in [5.41, 5.74) is 1.76. The van der Waals surface area contributed by atoms with Crippen molar-refractivity contribution in [2.75, 3.05) is 6.54 Å². The van der Waals surface area contributed by atoms with Gasteiger partial charge in [-0.3, -0.25) is 0 Å². The van der Waals surface area contributed by atoms with Gasteiger partial charge in [-0.1, -0.05) is 19.1 Å². The lowest BCUT2D eigenvalue weighted by atomic mass is 10.1. The Hall–Kier alpha value is -1.19. The monoisotopic (exact) mass is 289 g/mol. The van der Waals surface area contributed by atoms with E-state index >= 15 is 0 Å². The Labute approximate surface area is 123 Å². The van der Waals surface area contributed by atoms with Gasteiger partial charge in [0.2, 0.25) is 0 Å². The second-order valence-electron chi connectivity index (χ2n) is 5.49. The molecule has 0 spiro atoms. The van der Waals surface area contributed by atoms with E-state index in [0.717, 1.165) is 23.6 Å². The smallest absolute Gasteiger partial charge is 0.126 e. The van der Waals surface area contributed by atoms with Crippen molar-refractivity contribution in [2.45, 2.75) is 32.7 Å². The maximum Gasteiger partial charge on any atom is 0.126 e. The Morgan fingerprint density at radius 3 is 2.80 bits per heavy atom. The molecule has 1 aromatic heterocycles. The Balaban J connectivity index is 1.91. The molecule has 0 amide bonds. The summed E-state index contributed by atoms with van der Waals surface area (Å²) >= 11 is 1.80. The number of hydrogen-bond donors (Lipinski definition) is 1. The van der Waals surface area contributed by atoms with Gasteiger partial charge in [0.05, 0.1) is 0 Å². The summed E-state index contributed by atoms with van der Waals surface area (Å²) in [7, 11) is 0. The third kappa shape index (κ3) is 2.65. The highest BCUT2D eigenvalue weighted by Gasteiger charge is 2.32. The normalized spacial score (nSPS) is 16.4. The van der Waals surface area contributed by atoms with Crippen molar-refractivity contribution in [1.29, 1.82) is 0 Å². The van der Waals surface area contributed by atoms with Crippen molar-refractivity contribution >= 4 is 11.3 Å². The van der Waals surface area contributed by atoms with Crippen molar-refractivity contribution in [2.24, 2.45) is 5.92 Å². The average Bonchev–Trinajstić information content (AvgIpc) is 3.17. The second-order valence-corrected chi connectivity index (χ2v) is 6.60. The van der Waals surface area contributed by atoms with Gasteiger partial charge in [-0.25, -0.2) is 4.39 Å². The summed E-state index contributed by atoms with van der Waals surface area (Å²) in [6.07, 6.45) is 2.65. The second kappa shape index (κ2) is 5.66. The lowest BCUT2D eigenvalue weighted by molar-refractivity contribution is 0.504. The molecule has 1 saturated carbocycles. The first-order valence-electron chi connectivity index (χ1n) is 7.29. The van der Waals surface area contributed by atoms with Crippen molar-refractivity contribution in [3.8, 4) is 10.4 Å². The molecule has 1 N–H and O–H groups in total. The molecule has 1 atom stereocenters. The molecular formula is C17H20FNS. The van der Waals surface area contributed by atoms with Crippen LogP contribution in [0, 0.1) is 18.7 Å². The van der Waals surface area contributed by atoms with Gasteiger partial charge < -0.3 is 5.32 Å².